The molecular formula is C18H27N3OS. The molecule has 5 heteroatoms. The molecule has 1 saturated heterocycles. The maximum absolute atomic E-state index is 12.4. The second-order valence-electron chi connectivity index (χ2n) is 7.02. The first-order valence-electron chi connectivity index (χ1n) is 8.63. The van der Waals surface area contributed by atoms with E-state index in [4.69, 9.17) is 0 Å². The SMILES string of the molecule is Cc1ncsc1CN(C)C[C@H]1CCN(C(=O)C[C@@H]2C=CCC2)C1. The van der Waals surface area contributed by atoms with E-state index in [-0.39, 0.29) is 0 Å². The maximum Gasteiger partial charge on any atom is 0.223 e. The highest BCUT2D eigenvalue weighted by atomic mass is 32.1. The Morgan fingerprint density at radius 3 is 3.04 bits per heavy atom. The van der Waals surface area contributed by atoms with Crippen LogP contribution in [0.2, 0.25) is 0 Å². The monoisotopic (exact) mass is 333 g/mol. The molecule has 0 aromatic carbocycles. The summed E-state index contributed by atoms with van der Waals surface area (Å²) in [6, 6.07) is 0. The lowest BCUT2D eigenvalue weighted by Crippen LogP contribution is -2.32. The number of hydrogen-bond acceptors (Lipinski definition) is 4. The van der Waals surface area contributed by atoms with Crippen molar-refractivity contribution >= 4 is 17.2 Å². The normalized spacial score (nSPS) is 24.0. The van der Waals surface area contributed by atoms with Gasteiger partial charge in [-0.05, 0) is 45.1 Å². The summed E-state index contributed by atoms with van der Waals surface area (Å²) < 4.78 is 0. The van der Waals surface area contributed by atoms with Crippen LogP contribution in [0.1, 0.15) is 36.3 Å². The minimum Gasteiger partial charge on any atom is -0.342 e. The summed E-state index contributed by atoms with van der Waals surface area (Å²) in [6.45, 7) is 5.97. The molecule has 23 heavy (non-hydrogen) atoms. The smallest absolute Gasteiger partial charge is 0.223 e. The number of rotatable bonds is 6. The molecule has 0 radical (unpaired) electrons. The van der Waals surface area contributed by atoms with E-state index in [9.17, 15) is 4.79 Å². The summed E-state index contributed by atoms with van der Waals surface area (Å²) in [4.78, 5) is 22.5. The Balaban J connectivity index is 1.43. The molecule has 3 rings (SSSR count). The first kappa shape index (κ1) is 16.7. The summed E-state index contributed by atoms with van der Waals surface area (Å²) in [5.74, 6) is 1.44. The van der Waals surface area contributed by atoms with Crippen molar-refractivity contribution in [2.45, 2.75) is 39.2 Å². The van der Waals surface area contributed by atoms with Crippen LogP contribution in [0.15, 0.2) is 17.7 Å². The van der Waals surface area contributed by atoms with E-state index in [2.05, 4.69) is 40.9 Å². The average molecular weight is 334 g/mol. The highest BCUT2D eigenvalue weighted by Crippen LogP contribution is 2.24. The lowest BCUT2D eigenvalue weighted by atomic mass is 10.0. The fourth-order valence-corrected chi connectivity index (χ4v) is 4.51. The first-order valence-corrected chi connectivity index (χ1v) is 9.51. The molecule has 0 N–H and O–H groups in total. The number of hydrogen-bond donors (Lipinski definition) is 0. The van der Waals surface area contributed by atoms with Crippen LogP contribution in [0, 0.1) is 18.8 Å². The molecule has 1 aromatic rings. The van der Waals surface area contributed by atoms with Crippen molar-refractivity contribution in [2.75, 3.05) is 26.7 Å². The van der Waals surface area contributed by atoms with Gasteiger partial charge in [-0.1, -0.05) is 12.2 Å². The van der Waals surface area contributed by atoms with Gasteiger partial charge in [0.15, 0.2) is 0 Å². The van der Waals surface area contributed by atoms with Crippen LogP contribution in [0.4, 0.5) is 0 Å². The minimum absolute atomic E-state index is 0.352. The van der Waals surface area contributed by atoms with Gasteiger partial charge in [0.2, 0.25) is 5.91 Å². The Labute approximate surface area is 143 Å². The molecule has 0 bridgehead atoms. The van der Waals surface area contributed by atoms with Gasteiger partial charge in [-0.25, -0.2) is 4.98 Å². The van der Waals surface area contributed by atoms with E-state index in [1.165, 1.54) is 4.88 Å². The Kier molecular flexibility index (Phi) is 5.49. The number of amides is 1. The molecule has 126 valence electrons. The lowest BCUT2D eigenvalue weighted by molar-refractivity contribution is -0.131. The van der Waals surface area contributed by atoms with Crippen LogP contribution in [0.5, 0.6) is 0 Å². The van der Waals surface area contributed by atoms with Crippen LogP contribution in [0.3, 0.4) is 0 Å². The van der Waals surface area contributed by atoms with Gasteiger partial charge in [-0.3, -0.25) is 4.79 Å². The van der Waals surface area contributed by atoms with Crippen molar-refractivity contribution in [3.63, 3.8) is 0 Å². The summed E-state index contributed by atoms with van der Waals surface area (Å²) >= 11 is 1.74. The molecule has 0 saturated carbocycles. The number of likely N-dealkylation sites (tertiary alicyclic amines) is 1. The van der Waals surface area contributed by atoms with E-state index < -0.39 is 0 Å². The molecule has 2 atom stereocenters. The zero-order valence-corrected chi connectivity index (χ0v) is 15.0. The second-order valence-corrected chi connectivity index (χ2v) is 7.96. The minimum atomic E-state index is 0.352. The van der Waals surface area contributed by atoms with E-state index >= 15 is 0 Å². The van der Waals surface area contributed by atoms with Crippen LogP contribution in [0.25, 0.3) is 0 Å². The molecule has 0 spiro atoms. The van der Waals surface area contributed by atoms with Crippen LogP contribution < -0.4 is 0 Å². The van der Waals surface area contributed by atoms with Crippen molar-refractivity contribution in [3.8, 4) is 0 Å². The molecule has 4 nitrogen and oxygen atoms in total. The van der Waals surface area contributed by atoms with Gasteiger partial charge in [0.25, 0.3) is 0 Å². The number of allylic oxidation sites excluding steroid dienone is 2. The van der Waals surface area contributed by atoms with Crippen molar-refractivity contribution in [3.05, 3.63) is 28.2 Å². The molecule has 1 aliphatic heterocycles. The Morgan fingerprint density at radius 1 is 1.48 bits per heavy atom. The van der Waals surface area contributed by atoms with E-state index in [0.717, 1.165) is 51.1 Å². The molecule has 2 aliphatic rings. The molecule has 2 heterocycles. The average Bonchev–Trinajstić information content (AvgIpc) is 3.23. The maximum atomic E-state index is 12.4. The molecule has 1 aromatic heterocycles. The van der Waals surface area contributed by atoms with E-state index in [0.29, 0.717) is 24.2 Å². The van der Waals surface area contributed by atoms with Gasteiger partial charge in [-0.2, -0.15) is 0 Å². The first-order chi connectivity index (χ1) is 11.1. The predicted molar refractivity (Wildman–Crippen MR) is 94.4 cm³/mol. The largest absolute Gasteiger partial charge is 0.342 e. The van der Waals surface area contributed by atoms with E-state index in [1.54, 1.807) is 11.3 Å². The summed E-state index contributed by atoms with van der Waals surface area (Å²) in [6.07, 6.45) is 8.57. The third-order valence-corrected chi connectivity index (χ3v) is 5.94. The second kappa shape index (κ2) is 7.58. The van der Waals surface area contributed by atoms with Crippen molar-refractivity contribution in [1.82, 2.24) is 14.8 Å². The van der Waals surface area contributed by atoms with Crippen LogP contribution >= 0.6 is 11.3 Å². The Bertz CT molecular complexity index is 568. The molecule has 1 aliphatic carbocycles. The van der Waals surface area contributed by atoms with Crippen molar-refractivity contribution < 1.29 is 4.79 Å². The van der Waals surface area contributed by atoms with Gasteiger partial charge in [-0.15, -0.1) is 11.3 Å². The molecule has 0 unspecified atom stereocenters. The summed E-state index contributed by atoms with van der Waals surface area (Å²) in [5.41, 5.74) is 3.07. The number of aryl methyl sites for hydroxylation is 1. The van der Waals surface area contributed by atoms with E-state index in [1.807, 2.05) is 5.51 Å². The topological polar surface area (TPSA) is 36.4 Å². The fraction of sp³-hybridized carbons (Fsp3) is 0.667. The van der Waals surface area contributed by atoms with Crippen LogP contribution in [-0.4, -0.2) is 47.4 Å². The summed E-state index contributed by atoms with van der Waals surface area (Å²) in [5, 5.41) is 0. The third-order valence-electron chi connectivity index (χ3n) is 5.02. The van der Waals surface area contributed by atoms with Crippen molar-refractivity contribution in [1.29, 1.82) is 0 Å². The molecule has 1 amide bonds. The zero-order chi connectivity index (χ0) is 16.2. The highest BCUT2D eigenvalue weighted by molar-refractivity contribution is 7.09. The van der Waals surface area contributed by atoms with Crippen molar-refractivity contribution in [2.24, 2.45) is 11.8 Å². The number of aromatic nitrogens is 1. The van der Waals surface area contributed by atoms with Gasteiger partial charge >= 0.3 is 0 Å². The van der Waals surface area contributed by atoms with Gasteiger partial charge in [0, 0.05) is 37.5 Å². The summed E-state index contributed by atoms with van der Waals surface area (Å²) in [7, 11) is 2.17. The fourth-order valence-electron chi connectivity index (χ4n) is 3.66. The number of carbonyl (C=O) groups excluding carboxylic acids is 1. The standard InChI is InChI=1S/C18H27N3OS/c1-14-17(23-13-19-14)12-20(2)10-16-7-8-21(11-16)18(22)9-15-5-3-4-6-15/h3,5,13,15-16H,4,6-12H2,1-2H3/t15-,16-/m1/s1. The molecule has 1 fully saturated rings. The Morgan fingerprint density at radius 2 is 2.35 bits per heavy atom. The van der Waals surface area contributed by atoms with Gasteiger partial charge < -0.3 is 9.80 Å². The predicted octanol–water partition coefficient (Wildman–Crippen LogP) is 3.09. The quantitative estimate of drug-likeness (QED) is 0.751. The van der Waals surface area contributed by atoms with Gasteiger partial charge in [0.05, 0.1) is 11.2 Å². The Hall–Kier alpha value is -1.20. The highest BCUT2D eigenvalue weighted by Gasteiger charge is 2.28. The van der Waals surface area contributed by atoms with Crippen LogP contribution in [-0.2, 0) is 11.3 Å². The number of thiazole rings is 1. The molecular weight excluding hydrogens is 306 g/mol. The zero-order valence-electron chi connectivity index (χ0n) is 14.2. The van der Waals surface area contributed by atoms with Gasteiger partial charge in [0.1, 0.15) is 0 Å². The number of nitrogens with zero attached hydrogens (tertiary/aromatic N) is 3. The number of carbonyl (C=O) groups is 1. The lowest BCUT2D eigenvalue weighted by Gasteiger charge is -2.22. The third kappa shape index (κ3) is 4.42.